The Morgan fingerprint density at radius 2 is 2.25 bits per heavy atom. The molecule has 1 aliphatic carbocycles. The Bertz CT molecular complexity index is 613. The van der Waals surface area contributed by atoms with Crippen LogP contribution in [0, 0.1) is 0 Å². The van der Waals surface area contributed by atoms with Crippen LogP contribution >= 0.6 is 0 Å². The first kappa shape index (κ1) is 14.8. The molecule has 1 unspecified atom stereocenters. The minimum atomic E-state index is -3.56. The third-order valence-corrected chi connectivity index (χ3v) is 4.20. The number of sulfonamides is 1. The van der Waals surface area contributed by atoms with Crippen LogP contribution in [-0.4, -0.2) is 33.7 Å². The molecule has 1 aliphatic rings. The number of aryl methyl sites for hydroxylation is 1. The fraction of sp³-hybridized carbons (Fsp3) is 0.462. The van der Waals surface area contributed by atoms with Gasteiger partial charge in [0.2, 0.25) is 15.9 Å². The minimum Gasteiger partial charge on any atom is -0.496 e. The van der Waals surface area contributed by atoms with Gasteiger partial charge in [-0.25, -0.2) is 13.6 Å². The molecule has 1 atom stereocenters. The highest BCUT2D eigenvalue weighted by molar-refractivity contribution is 7.89. The molecule has 0 radical (unpaired) electrons. The predicted octanol–water partition coefficient (Wildman–Crippen LogP) is 0.130. The van der Waals surface area contributed by atoms with Crippen LogP contribution in [0.3, 0.4) is 0 Å². The third kappa shape index (κ3) is 3.29. The number of hydrogen-bond donors (Lipinski definition) is 2. The summed E-state index contributed by atoms with van der Waals surface area (Å²) in [6, 6.07) is 5.71. The number of ether oxygens (including phenoxy) is 1. The van der Waals surface area contributed by atoms with Crippen LogP contribution in [0.5, 0.6) is 5.75 Å². The average molecular weight is 298 g/mol. The first-order chi connectivity index (χ1) is 9.42. The number of amides is 1. The summed E-state index contributed by atoms with van der Waals surface area (Å²) in [5, 5.41) is 7.52. The molecule has 1 aromatic carbocycles. The van der Waals surface area contributed by atoms with Crippen LogP contribution in [0.2, 0.25) is 0 Å². The molecule has 1 aromatic rings. The van der Waals surface area contributed by atoms with Crippen LogP contribution < -0.4 is 15.2 Å². The SMILES string of the molecule is COc1cccc2c1C(C(=O)NCCS(N)(=O)=O)CC2. The van der Waals surface area contributed by atoms with E-state index in [4.69, 9.17) is 9.88 Å². The number of rotatable bonds is 5. The summed E-state index contributed by atoms with van der Waals surface area (Å²) in [5.41, 5.74) is 2.01. The van der Waals surface area contributed by atoms with Gasteiger partial charge < -0.3 is 10.1 Å². The van der Waals surface area contributed by atoms with E-state index in [2.05, 4.69) is 5.32 Å². The summed E-state index contributed by atoms with van der Waals surface area (Å²) in [6.45, 7) is 0.0264. The fourth-order valence-corrected chi connectivity index (χ4v) is 2.91. The lowest BCUT2D eigenvalue weighted by molar-refractivity contribution is -0.122. The van der Waals surface area contributed by atoms with Crippen LogP contribution in [0.25, 0.3) is 0 Å². The van der Waals surface area contributed by atoms with Crippen LogP contribution in [-0.2, 0) is 21.2 Å². The van der Waals surface area contributed by atoms with E-state index in [1.165, 1.54) is 0 Å². The van der Waals surface area contributed by atoms with E-state index in [1.807, 2.05) is 18.2 Å². The monoisotopic (exact) mass is 298 g/mol. The molecule has 0 aliphatic heterocycles. The number of carbonyl (C=O) groups excluding carboxylic acids is 1. The fourth-order valence-electron chi connectivity index (χ4n) is 2.53. The molecule has 0 heterocycles. The Kier molecular flexibility index (Phi) is 4.29. The number of fused-ring (bicyclic) bond motifs is 1. The molecule has 0 saturated heterocycles. The van der Waals surface area contributed by atoms with E-state index in [9.17, 15) is 13.2 Å². The van der Waals surface area contributed by atoms with E-state index in [-0.39, 0.29) is 24.1 Å². The van der Waals surface area contributed by atoms with E-state index in [0.717, 1.165) is 17.5 Å². The molecule has 0 fully saturated rings. The van der Waals surface area contributed by atoms with Crippen molar-refractivity contribution < 1.29 is 17.9 Å². The van der Waals surface area contributed by atoms with Gasteiger partial charge in [0.25, 0.3) is 0 Å². The lowest BCUT2D eigenvalue weighted by Crippen LogP contribution is -2.34. The van der Waals surface area contributed by atoms with Crippen molar-refractivity contribution in [1.82, 2.24) is 5.32 Å². The van der Waals surface area contributed by atoms with Crippen molar-refractivity contribution in [3.05, 3.63) is 29.3 Å². The smallest absolute Gasteiger partial charge is 0.227 e. The maximum Gasteiger partial charge on any atom is 0.227 e. The zero-order chi connectivity index (χ0) is 14.8. The molecule has 2 rings (SSSR count). The van der Waals surface area contributed by atoms with Crippen molar-refractivity contribution in [2.24, 2.45) is 5.14 Å². The normalized spacial score (nSPS) is 17.6. The predicted molar refractivity (Wildman–Crippen MR) is 75.0 cm³/mol. The van der Waals surface area contributed by atoms with Crippen molar-refractivity contribution in [1.29, 1.82) is 0 Å². The van der Waals surface area contributed by atoms with Gasteiger partial charge in [-0.15, -0.1) is 0 Å². The molecule has 0 spiro atoms. The molecular formula is C13H18N2O4S. The van der Waals surface area contributed by atoms with E-state index >= 15 is 0 Å². The number of nitrogens with one attached hydrogen (secondary N) is 1. The second-order valence-corrected chi connectivity index (χ2v) is 6.52. The summed E-state index contributed by atoms with van der Waals surface area (Å²) < 4.78 is 27.0. The van der Waals surface area contributed by atoms with E-state index in [1.54, 1.807) is 7.11 Å². The Balaban J connectivity index is 2.08. The van der Waals surface area contributed by atoms with Crippen molar-refractivity contribution in [3.8, 4) is 5.75 Å². The highest BCUT2D eigenvalue weighted by atomic mass is 32.2. The molecule has 0 bridgehead atoms. The van der Waals surface area contributed by atoms with Crippen molar-refractivity contribution >= 4 is 15.9 Å². The lowest BCUT2D eigenvalue weighted by Gasteiger charge is -2.15. The van der Waals surface area contributed by atoms with Crippen molar-refractivity contribution in [2.45, 2.75) is 18.8 Å². The van der Waals surface area contributed by atoms with Gasteiger partial charge in [-0.3, -0.25) is 4.79 Å². The van der Waals surface area contributed by atoms with Gasteiger partial charge >= 0.3 is 0 Å². The standard InChI is InChI=1S/C13H18N2O4S/c1-19-11-4-2-3-9-5-6-10(12(9)11)13(16)15-7-8-20(14,17)18/h2-4,10H,5-8H2,1H3,(H,15,16)(H2,14,17,18). The van der Waals surface area contributed by atoms with Gasteiger partial charge in [0, 0.05) is 12.1 Å². The first-order valence-corrected chi connectivity index (χ1v) is 8.08. The Labute approximate surface area is 118 Å². The summed E-state index contributed by atoms with van der Waals surface area (Å²) in [4.78, 5) is 12.2. The largest absolute Gasteiger partial charge is 0.496 e. The Morgan fingerprint density at radius 1 is 1.50 bits per heavy atom. The first-order valence-electron chi connectivity index (χ1n) is 6.36. The second-order valence-electron chi connectivity index (χ2n) is 4.78. The number of methoxy groups -OCH3 is 1. The van der Waals surface area contributed by atoms with Gasteiger partial charge in [0.15, 0.2) is 0 Å². The number of carbonyl (C=O) groups is 1. The maximum atomic E-state index is 12.2. The van der Waals surface area contributed by atoms with Crippen LogP contribution in [0.1, 0.15) is 23.5 Å². The van der Waals surface area contributed by atoms with Gasteiger partial charge in [-0.2, -0.15) is 0 Å². The van der Waals surface area contributed by atoms with Gasteiger partial charge in [0.05, 0.1) is 18.8 Å². The van der Waals surface area contributed by atoms with E-state index in [0.29, 0.717) is 12.2 Å². The van der Waals surface area contributed by atoms with Gasteiger partial charge in [0.1, 0.15) is 5.75 Å². The van der Waals surface area contributed by atoms with Gasteiger partial charge in [-0.05, 0) is 24.5 Å². The highest BCUT2D eigenvalue weighted by Crippen LogP contribution is 2.39. The highest BCUT2D eigenvalue weighted by Gasteiger charge is 2.31. The summed E-state index contributed by atoms with van der Waals surface area (Å²) in [6.07, 6.45) is 1.52. The maximum absolute atomic E-state index is 12.2. The molecule has 110 valence electrons. The lowest BCUT2D eigenvalue weighted by atomic mass is 9.99. The summed E-state index contributed by atoms with van der Waals surface area (Å²) in [7, 11) is -1.98. The molecule has 20 heavy (non-hydrogen) atoms. The third-order valence-electron chi connectivity index (χ3n) is 3.43. The number of hydrogen-bond acceptors (Lipinski definition) is 4. The van der Waals surface area contributed by atoms with Crippen molar-refractivity contribution in [2.75, 3.05) is 19.4 Å². The number of primary sulfonamides is 1. The summed E-state index contributed by atoms with van der Waals surface area (Å²) in [5.74, 6) is -0.0327. The average Bonchev–Trinajstić information content (AvgIpc) is 2.80. The Hall–Kier alpha value is -1.60. The topological polar surface area (TPSA) is 98.5 Å². The van der Waals surface area contributed by atoms with Gasteiger partial charge in [-0.1, -0.05) is 12.1 Å². The van der Waals surface area contributed by atoms with E-state index < -0.39 is 10.0 Å². The summed E-state index contributed by atoms with van der Waals surface area (Å²) >= 11 is 0. The van der Waals surface area contributed by atoms with Crippen molar-refractivity contribution in [3.63, 3.8) is 0 Å². The molecule has 6 nitrogen and oxygen atoms in total. The molecule has 3 N–H and O–H groups in total. The molecular weight excluding hydrogens is 280 g/mol. The van der Waals surface area contributed by atoms with Crippen LogP contribution in [0.4, 0.5) is 0 Å². The molecule has 7 heteroatoms. The molecule has 0 aromatic heterocycles. The number of benzene rings is 1. The number of nitrogens with two attached hydrogens (primary N) is 1. The van der Waals surface area contributed by atoms with Crippen LogP contribution in [0.15, 0.2) is 18.2 Å². The Morgan fingerprint density at radius 3 is 2.90 bits per heavy atom. The quantitative estimate of drug-likeness (QED) is 0.807. The minimum absolute atomic E-state index is 0.0264. The zero-order valence-corrected chi connectivity index (χ0v) is 12.1. The molecule has 1 amide bonds. The molecule has 0 saturated carbocycles. The zero-order valence-electron chi connectivity index (χ0n) is 11.3. The second kappa shape index (κ2) is 5.80.